The molecule has 2 aromatic rings. The lowest BCUT2D eigenvalue weighted by atomic mass is 10.0. The van der Waals surface area contributed by atoms with Gasteiger partial charge in [0, 0.05) is 12.1 Å². The van der Waals surface area contributed by atoms with Gasteiger partial charge in [-0.3, -0.25) is 24.1 Å². The zero-order chi connectivity index (χ0) is 23.7. The number of anilines is 1. The lowest BCUT2D eigenvalue weighted by molar-refractivity contribution is -0.140. The minimum Gasteiger partial charge on any atom is -0.493 e. The number of methoxy groups -OCH3 is 3. The summed E-state index contributed by atoms with van der Waals surface area (Å²) in [4.78, 5) is 53.7. The maximum Gasteiger partial charge on any atom is 0.307 e. The number of esters is 1. The van der Waals surface area contributed by atoms with Crippen molar-refractivity contribution in [3.63, 3.8) is 0 Å². The first-order valence-electron chi connectivity index (χ1n) is 10.2. The van der Waals surface area contributed by atoms with E-state index in [1.54, 1.807) is 36.4 Å². The molecule has 0 aliphatic carbocycles. The Morgan fingerprint density at radius 1 is 1.00 bits per heavy atom. The van der Waals surface area contributed by atoms with E-state index in [1.807, 2.05) is 0 Å². The molecule has 1 atom stereocenters. The quantitative estimate of drug-likeness (QED) is 0.632. The Morgan fingerprint density at radius 2 is 1.76 bits per heavy atom. The number of rotatable bonds is 7. The van der Waals surface area contributed by atoms with Gasteiger partial charge in [-0.2, -0.15) is 0 Å². The summed E-state index contributed by atoms with van der Waals surface area (Å²) in [5.74, 6) is -1.01. The molecule has 2 heterocycles. The summed E-state index contributed by atoms with van der Waals surface area (Å²) >= 11 is 0. The van der Waals surface area contributed by atoms with Crippen molar-refractivity contribution in [1.82, 2.24) is 10.2 Å². The van der Waals surface area contributed by atoms with Gasteiger partial charge in [0.2, 0.25) is 5.91 Å². The molecule has 0 saturated heterocycles. The fourth-order valence-electron chi connectivity index (χ4n) is 4.20. The number of hydrogen-bond donors (Lipinski definition) is 1. The molecule has 0 bridgehead atoms. The van der Waals surface area contributed by atoms with Crippen LogP contribution in [-0.2, 0) is 14.3 Å². The van der Waals surface area contributed by atoms with Gasteiger partial charge in [-0.15, -0.1) is 0 Å². The first-order valence-corrected chi connectivity index (χ1v) is 10.2. The van der Waals surface area contributed by atoms with E-state index < -0.39 is 18.0 Å². The number of nitrogens with zero attached hydrogens (tertiary/aromatic N) is 2. The van der Waals surface area contributed by atoms with Crippen molar-refractivity contribution in [1.29, 1.82) is 0 Å². The van der Waals surface area contributed by atoms with Crippen LogP contribution in [0.25, 0.3) is 0 Å². The van der Waals surface area contributed by atoms with Crippen LogP contribution < -0.4 is 19.7 Å². The molecular formula is C23H23N3O7. The third-order valence-electron chi connectivity index (χ3n) is 5.68. The lowest BCUT2D eigenvalue weighted by Gasteiger charge is -2.40. The van der Waals surface area contributed by atoms with Gasteiger partial charge in [-0.05, 0) is 18.2 Å². The van der Waals surface area contributed by atoms with Gasteiger partial charge >= 0.3 is 5.97 Å². The number of ether oxygens (including phenoxy) is 3. The number of nitrogens with one attached hydrogen (secondary N) is 1. The van der Waals surface area contributed by atoms with E-state index in [4.69, 9.17) is 9.47 Å². The Kier molecular flexibility index (Phi) is 5.91. The number of para-hydroxylation sites is 1. The predicted octanol–water partition coefficient (Wildman–Crippen LogP) is 1.50. The van der Waals surface area contributed by atoms with Gasteiger partial charge in [-0.1, -0.05) is 18.2 Å². The summed E-state index contributed by atoms with van der Waals surface area (Å²) in [6.45, 7) is -0.240. The van der Waals surface area contributed by atoms with Crippen LogP contribution in [0.4, 0.5) is 5.69 Å². The summed E-state index contributed by atoms with van der Waals surface area (Å²) < 4.78 is 15.4. The van der Waals surface area contributed by atoms with Gasteiger partial charge in [0.25, 0.3) is 11.8 Å². The van der Waals surface area contributed by atoms with E-state index in [2.05, 4.69) is 10.1 Å². The zero-order valence-corrected chi connectivity index (χ0v) is 18.4. The summed E-state index contributed by atoms with van der Waals surface area (Å²) in [6.07, 6.45) is -0.826. The third kappa shape index (κ3) is 3.63. The molecule has 4 rings (SSSR count). The van der Waals surface area contributed by atoms with Crippen molar-refractivity contribution in [2.75, 3.05) is 39.3 Å². The standard InChI is InChI=1S/C23H23N3O7/c1-31-16-9-8-14-19(20(16)33-3)23(30)26-15-7-5-4-6-13(15)22(29)25(21(14)26)12-17(27)24-11-10-18(28)32-2/h4-9,21H,10-12H2,1-3H3,(H,24,27). The number of carbonyl (C=O) groups excluding carboxylic acids is 4. The van der Waals surface area contributed by atoms with E-state index in [0.29, 0.717) is 22.6 Å². The molecule has 0 radical (unpaired) electrons. The molecule has 3 amide bonds. The van der Waals surface area contributed by atoms with E-state index in [9.17, 15) is 19.2 Å². The first-order chi connectivity index (χ1) is 15.9. The molecule has 1 N–H and O–H groups in total. The predicted molar refractivity (Wildman–Crippen MR) is 116 cm³/mol. The van der Waals surface area contributed by atoms with Gasteiger partial charge < -0.3 is 24.4 Å². The zero-order valence-electron chi connectivity index (χ0n) is 18.4. The second-order valence-electron chi connectivity index (χ2n) is 7.44. The first kappa shape index (κ1) is 22.1. The van der Waals surface area contributed by atoms with Crippen LogP contribution >= 0.6 is 0 Å². The highest BCUT2D eigenvalue weighted by Crippen LogP contribution is 2.49. The Hall–Kier alpha value is -4.08. The number of benzene rings is 2. The Bertz CT molecular complexity index is 1150. The summed E-state index contributed by atoms with van der Waals surface area (Å²) in [5, 5.41) is 2.61. The Morgan fingerprint density at radius 3 is 2.45 bits per heavy atom. The minimum absolute atomic E-state index is 0.00683. The monoisotopic (exact) mass is 453 g/mol. The molecule has 2 aliphatic rings. The number of fused-ring (bicyclic) bond motifs is 5. The van der Waals surface area contributed by atoms with Gasteiger partial charge in [0.1, 0.15) is 12.7 Å². The Balaban J connectivity index is 1.74. The van der Waals surface area contributed by atoms with Crippen LogP contribution in [0.3, 0.4) is 0 Å². The molecule has 0 saturated carbocycles. The number of amides is 3. The average Bonchev–Trinajstić information content (AvgIpc) is 3.13. The molecule has 0 aromatic heterocycles. The van der Waals surface area contributed by atoms with Crippen molar-refractivity contribution in [2.24, 2.45) is 0 Å². The molecule has 1 unspecified atom stereocenters. The minimum atomic E-state index is -0.832. The molecule has 2 aliphatic heterocycles. The molecule has 172 valence electrons. The molecule has 10 nitrogen and oxygen atoms in total. The van der Waals surface area contributed by atoms with Gasteiger partial charge in [0.15, 0.2) is 11.5 Å². The molecule has 0 spiro atoms. The van der Waals surface area contributed by atoms with Crippen LogP contribution in [-0.4, -0.2) is 63.0 Å². The third-order valence-corrected chi connectivity index (χ3v) is 5.68. The summed E-state index contributed by atoms with van der Waals surface area (Å²) in [7, 11) is 4.18. The second kappa shape index (κ2) is 8.81. The average molecular weight is 453 g/mol. The van der Waals surface area contributed by atoms with Crippen molar-refractivity contribution < 1.29 is 33.4 Å². The van der Waals surface area contributed by atoms with Crippen LogP contribution in [0, 0.1) is 0 Å². The SMILES string of the molecule is COC(=O)CCNC(=O)CN1C(=O)c2ccccc2N2C(=O)c3c(ccc(OC)c3OC)C12. The highest BCUT2D eigenvalue weighted by atomic mass is 16.5. The summed E-state index contributed by atoms with van der Waals surface area (Å²) in [6, 6.07) is 10.1. The topological polar surface area (TPSA) is 114 Å². The highest BCUT2D eigenvalue weighted by molar-refractivity contribution is 6.18. The fourth-order valence-corrected chi connectivity index (χ4v) is 4.20. The van der Waals surface area contributed by atoms with E-state index in [-0.39, 0.29) is 42.6 Å². The van der Waals surface area contributed by atoms with Crippen molar-refractivity contribution in [3.8, 4) is 11.5 Å². The number of hydrogen-bond acceptors (Lipinski definition) is 7. The van der Waals surface area contributed by atoms with Gasteiger partial charge in [-0.25, -0.2) is 0 Å². The van der Waals surface area contributed by atoms with Gasteiger partial charge in [0.05, 0.1) is 44.6 Å². The van der Waals surface area contributed by atoms with Crippen LogP contribution in [0.2, 0.25) is 0 Å². The van der Waals surface area contributed by atoms with E-state index in [1.165, 1.54) is 31.1 Å². The molecule has 33 heavy (non-hydrogen) atoms. The summed E-state index contributed by atoms with van der Waals surface area (Å²) in [5.41, 5.74) is 1.57. The van der Waals surface area contributed by atoms with E-state index >= 15 is 0 Å². The lowest BCUT2D eigenvalue weighted by Crippen LogP contribution is -2.51. The van der Waals surface area contributed by atoms with Crippen molar-refractivity contribution in [2.45, 2.75) is 12.6 Å². The fraction of sp³-hybridized carbons (Fsp3) is 0.304. The maximum atomic E-state index is 13.6. The normalized spacial score (nSPS) is 16.0. The molecule has 2 aromatic carbocycles. The van der Waals surface area contributed by atoms with Crippen LogP contribution in [0.1, 0.15) is 38.9 Å². The van der Waals surface area contributed by atoms with Crippen molar-refractivity contribution >= 4 is 29.4 Å². The second-order valence-corrected chi connectivity index (χ2v) is 7.44. The smallest absolute Gasteiger partial charge is 0.307 e. The maximum absolute atomic E-state index is 13.6. The molecule has 0 fully saturated rings. The number of carbonyl (C=O) groups is 4. The highest BCUT2D eigenvalue weighted by Gasteiger charge is 2.50. The Labute approximate surface area is 190 Å². The van der Waals surface area contributed by atoms with Crippen LogP contribution in [0.5, 0.6) is 11.5 Å². The van der Waals surface area contributed by atoms with Crippen LogP contribution in [0.15, 0.2) is 36.4 Å². The van der Waals surface area contributed by atoms with E-state index in [0.717, 1.165) is 0 Å². The molecule has 10 heteroatoms. The molecular weight excluding hydrogens is 430 g/mol. The van der Waals surface area contributed by atoms with Crippen molar-refractivity contribution in [3.05, 3.63) is 53.1 Å². The largest absolute Gasteiger partial charge is 0.493 e.